The summed E-state index contributed by atoms with van der Waals surface area (Å²) < 4.78 is 10.4. The van der Waals surface area contributed by atoms with Crippen molar-refractivity contribution in [2.24, 2.45) is 0 Å². The average molecular weight is 255 g/mol. The van der Waals surface area contributed by atoms with E-state index in [-0.39, 0.29) is 36.4 Å². The van der Waals surface area contributed by atoms with E-state index in [1.54, 1.807) is 13.0 Å². The fourth-order valence-corrected chi connectivity index (χ4v) is 1.49. The second-order valence-electron chi connectivity index (χ2n) is 3.67. The van der Waals surface area contributed by atoms with Gasteiger partial charge in [0.1, 0.15) is 0 Å². The van der Waals surface area contributed by atoms with Crippen molar-refractivity contribution < 1.29 is 48.9 Å². The Kier molecular flexibility index (Phi) is 5.47. The van der Waals surface area contributed by atoms with Gasteiger partial charge in [-0.1, -0.05) is 18.2 Å². The van der Waals surface area contributed by atoms with Gasteiger partial charge >= 0.3 is 35.5 Å². The first-order valence-corrected chi connectivity index (χ1v) is 5.14. The van der Waals surface area contributed by atoms with Crippen LogP contribution in [0, 0.1) is 0 Å². The summed E-state index contributed by atoms with van der Waals surface area (Å²) in [5, 5.41) is 8.56. The summed E-state index contributed by atoms with van der Waals surface area (Å²) in [6, 6.07) is 5.57. The second kappa shape index (κ2) is 6.64. The molecule has 0 unspecified atom stereocenters. The summed E-state index contributed by atoms with van der Waals surface area (Å²) in [7, 11) is 0. The van der Waals surface area contributed by atoms with Crippen LogP contribution in [-0.2, 0) is 4.79 Å². The topological polar surface area (TPSA) is 55.8 Å². The van der Waals surface area contributed by atoms with Crippen molar-refractivity contribution in [3.8, 4) is 11.5 Å². The Hall–Kier alpha value is -1.23. The Morgan fingerprint density at radius 1 is 1.33 bits per heavy atom. The molecule has 88 valence electrons. The van der Waals surface area contributed by atoms with E-state index in [2.05, 4.69) is 0 Å². The molecule has 1 aliphatic heterocycles. The SMILES string of the molecule is CC(/C=C/c1ccc2c(c1)OCO2)=C\C(=O)O.[Na+]. The molecular weight excluding hydrogens is 243 g/mol. The Morgan fingerprint density at radius 2 is 2.06 bits per heavy atom. The van der Waals surface area contributed by atoms with Gasteiger partial charge in [0.15, 0.2) is 11.5 Å². The van der Waals surface area contributed by atoms with Crippen LogP contribution in [0.4, 0.5) is 0 Å². The molecule has 1 aliphatic rings. The molecule has 1 heterocycles. The van der Waals surface area contributed by atoms with E-state index in [1.165, 1.54) is 0 Å². The maximum Gasteiger partial charge on any atom is 1.00 e. The van der Waals surface area contributed by atoms with Gasteiger partial charge in [-0.3, -0.25) is 0 Å². The maximum absolute atomic E-state index is 10.4. The second-order valence-corrected chi connectivity index (χ2v) is 3.67. The predicted octanol–water partition coefficient (Wildman–Crippen LogP) is -0.537. The zero-order chi connectivity index (χ0) is 12.3. The smallest absolute Gasteiger partial charge is 0.478 e. The van der Waals surface area contributed by atoms with Crippen molar-refractivity contribution in [2.45, 2.75) is 6.92 Å². The van der Waals surface area contributed by atoms with Gasteiger partial charge in [-0.15, -0.1) is 0 Å². The molecule has 0 fully saturated rings. The summed E-state index contributed by atoms with van der Waals surface area (Å²) in [6.07, 6.45) is 4.73. The van der Waals surface area contributed by atoms with E-state index in [4.69, 9.17) is 14.6 Å². The van der Waals surface area contributed by atoms with Crippen LogP contribution >= 0.6 is 0 Å². The molecule has 0 aliphatic carbocycles. The number of carboxylic acids is 1. The number of carboxylic acid groups (broad SMARTS) is 1. The monoisotopic (exact) mass is 255 g/mol. The molecule has 0 spiro atoms. The van der Waals surface area contributed by atoms with Crippen LogP contribution in [0.1, 0.15) is 12.5 Å². The fourth-order valence-electron chi connectivity index (χ4n) is 1.49. The number of fused-ring (bicyclic) bond motifs is 1. The first-order valence-electron chi connectivity index (χ1n) is 5.14. The number of hydrogen-bond donors (Lipinski definition) is 1. The minimum atomic E-state index is -0.946. The number of benzene rings is 1. The van der Waals surface area contributed by atoms with E-state index >= 15 is 0 Å². The van der Waals surface area contributed by atoms with Crippen LogP contribution in [-0.4, -0.2) is 17.9 Å². The summed E-state index contributed by atoms with van der Waals surface area (Å²) in [5.74, 6) is 0.504. The number of hydrogen-bond acceptors (Lipinski definition) is 3. The molecule has 2 rings (SSSR count). The third-order valence-corrected chi connectivity index (χ3v) is 2.29. The first kappa shape index (κ1) is 14.8. The average Bonchev–Trinajstić information content (AvgIpc) is 2.72. The normalized spacial score (nSPS) is 13.5. The minimum absolute atomic E-state index is 0. The zero-order valence-corrected chi connectivity index (χ0v) is 12.3. The predicted molar refractivity (Wildman–Crippen MR) is 63.0 cm³/mol. The molecule has 0 aromatic heterocycles. The van der Waals surface area contributed by atoms with Crippen LogP contribution in [0.2, 0.25) is 0 Å². The Morgan fingerprint density at radius 3 is 2.78 bits per heavy atom. The van der Waals surface area contributed by atoms with E-state index in [1.807, 2.05) is 24.3 Å². The van der Waals surface area contributed by atoms with Crippen molar-refractivity contribution in [3.05, 3.63) is 41.5 Å². The van der Waals surface area contributed by atoms with E-state index in [0.29, 0.717) is 11.3 Å². The van der Waals surface area contributed by atoms with Gasteiger partial charge in [0.05, 0.1) is 0 Å². The fraction of sp³-hybridized carbons (Fsp3) is 0.154. The third kappa shape index (κ3) is 3.91. The summed E-state index contributed by atoms with van der Waals surface area (Å²) >= 11 is 0. The van der Waals surface area contributed by atoms with Crippen LogP contribution in [0.5, 0.6) is 11.5 Å². The van der Waals surface area contributed by atoms with Crippen LogP contribution in [0.25, 0.3) is 6.08 Å². The van der Waals surface area contributed by atoms with Crippen LogP contribution in [0.15, 0.2) is 35.9 Å². The van der Waals surface area contributed by atoms with E-state index in [9.17, 15) is 4.79 Å². The molecule has 0 atom stereocenters. The van der Waals surface area contributed by atoms with Gasteiger partial charge < -0.3 is 14.6 Å². The van der Waals surface area contributed by atoms with Crippen molar-refractivity contribution in [2.75, 3.05) is 6.79 Å². The number of aliphatic carboxylic acids is 1. The van der Waals surface area contributed by atoms with Crippen molar-refractivity contribution in [1.82, 2.24) is 0 Å². The van der Waals surface area contributed by atoms with E-state index in [0.717, 1.165) is 17.4 Å². The van der Waals surface area contributed by atoms with Gasteiger partial charge in [-0.05, 0) is 30.2 Å². The van der Waals surface area contributed by atoms with Crippen molar-refractivity contribution in [3.63, 3.8) is 0 Å². The molecule has 0 bridgehead atoms. The van der Waals surface area contributed by atoms with Crippen LogP contribution < -0.4 is 39.0 Å². The molecule has 1 aromatic rings. The van der Waals surface area contributed by atoms with Crippen LogP contribution in [0.3, 0.4) is 0 Å². The Balaban J connectivity index is 0.00000162. The standard InChI is InChI=1S/C13H12O4.Na/c1-9(6-13(14)15)2-3-10-4-5-11-12(7-10)17-8-16-11;/h2-7H,8H2,1H3,(H,14,15);/q;+1/b3-2+,9-6+;. The molecule has 0 saturated carbocycles. The first-order chi connectivity index (χ1) is 8.15. The zero-order valence-electron chi connectivity index (χ0n) is 10.3. The Labute approximate surface area is 127 Å². The third-order valence-electron chi connectivity index (χ3n) is 2.29. The Bertz CT molecular complexity index is 506. The molecule has 18 heavy (non-hydrogen) atoms. The molecule has 4 nitrogen and oxygen atoms in total. The largest absolute Gasteiger partial charge is 1.00 e. The summed E-state index contributed by atoms with van der Waals surface area (Å²) in [6.45, 7) is 1.98. The molecular formula is C13H12NaO4+. The summed E-state index contributed by atoms with van der Waals surface area (Å²) in [4.78, 5) is 10.4. The molecule has 1 aromatic carbocycles. The van der Waals surface area contributed by atoms with Gasteiger partial charge in [0.25, 0.3) is 0 Å². The quantitative estimate of drug-likeness (QED) is 0.448. The van der Waals surface area contributed by atoms with Crippen molar-refractivity contribution >= 4 is 12.0 Å². The van der Waals surface area contributed by atoms with E-state index < -0.39 is 5.97 Å². The molecule has 5 heteroatoms. The molecule has 0 saturated heterocycles. The van der Waals surface area contributed by atoms with Crippen molar-refractivity contribution in [1.29, 1.82) is 0 Å². The summed E-state index contributed by atoms with van der Waals surface area (Å²) in [5.41, 5.74) is 1.61. The van der Waals surface area contributed by atoms with Gasteiger partial charge in [0.2, 0.25) is 6.79 Å². The number of carbonyl (C=O) groups is 1. The minimum Gasteiger partial charge on any atom is -0.478 e. The van der Waals surface area contributed by atoms with Gasteiger partial charge in [-0.2, -0.15) is 0 Å². The van der Waals surface area contributed by atoms with Gasteiger partial charge in [0, 0.05) is 6.08 Å². The molecule has 0 amide bonds. The molecule has 0 radical (unpaired) electrons. The van der Waals surface area contributed by atoms with Gasteiger partial charge in [-0.25, -0.2) is 4.79 Å². The number of rotatable bonds is 3. The number of ether oxygens (including phenoxy) is 2. The number of allylic oxidation sites excluding steroid dienone is 2. The molecule has 1 N–H and O–H groups in total. The maximum atomic E-state index is 10.4.